The van der Waals surface area contributed by atoms with Gasteiger partial charge in [0.1, 0.15) is 12.4 Å². The summed E-state index contributed by atoms with van der Waals surface area (Å²) in [7, 11) is 0. The Hall–Kier alpha value is -3.64. The molecule has 5 rings (SSSR count). The van der Waals surface area contributed by atoms with E-state index in [1.807, 2.05) is 53.6 Å². The predicted molar refractivity (Wildman–Crippen MR) is 137 cm³/mol. The van der Waals surface area contributed by atoms with E-state index in [9.17, 15) is 9.90 Å². The minimum absolute atomic E-state index is 0.0924. The molecular formula is C29H31N3O3. The maximum absolute atomic E-state index is 12.9. The van der Waals surface area contributed by atoms with Crippen LogP contribution in [0.5, 0.6) is 5.75 Å². The first-order valence-corrected chi connectivity index (χ1v) is 12.4. The number of pyridine rings is 1. The molecule has 0 radical (unpaired) electrons. The van der Waals surface area contributed by atoms with E-state index in [4.69, 9.17) is 4.74 Å². The highest BCUT2D eigenvalue weighted by Crippen LogP contribution is 2.31. The summed E-state index contributed by atoms with van der Waals surface area (Å²) < 4.78 is 9.78. The van der Waals surface area contributed by atoms with E-state index in [-0.39, 0.29) is 11.6 Å². The number of hydrogen-bond acceptors (Lipinski definition) is 4. The summed E-state index contributed by atoms with van der Waals surface area (Å²) in [5, 5.41) is 14.7. The molecule has 0 unspecified atom stereocenters. The molecule has 2 aromatic heterocycles. The lowest BCUT2D eigenvalue weighted by Gasteiger charge is -2.29. The number of benzene rings is 2. The van der Waals surface area contributed by atoms with Gasteiger partial charge in [-0.05, 0) is 48.6 Å². The third-order valence-corrected chi connectivity index (χ3v) is 6.84. The fourth-order valence-corrected chi connectivity index (χ4v) is 4.82. The summed E-state index contributed by atoms with van der Waals surface area (Å²) in [5.74, 6) is 0.732. The van der Waals surface area contributed by atoms with E-state index in [2.05, 4.69) is 36.3 Å². The van der Waals surface area contributed by atoms with E-state index >= 15 is 0 Å². The molecule has 2 aromatic carbocycles. The van der Waals surface area contributed by atoms with E-state index in [1.165, 1.54) is 0 Å². The topological polar surface area (TPSA) is 69.3 Å². The third kappa shape index (κ3) is 5.08. The van der Waals surface area contributed by atoms with Gasteiger partial charge in [-0.15, -0.1) is 0 Å². The van der Waals surface area contributed by atoms with Gasteiger partial charge < -0.3 is 14.4 Å². The van der Waals surface area contributed by atoms with Crippen molar-refractivity contribution in [3.63, 3.8) is 0 Å². The lowest BCUT2D eigenvalue weighted by molar-refractivity contribution is 0.0738. The average molecular weight is 470 g/mol. The van der Waals surface area contributed by atoms with Crippen LogP contribution in [0.2, 0.25) is 0 Å². The summed E-state index contributed by atoms with van der Waals surface area (Å²) in [6, 6.07) is 19.5. The molecule has 4 aromatic rings. The van der Waals surface area contributed by atoms with Gasteiger partial charge in [0.15, 0.2) is 0 Å². The van der Waals surface area contributed by atoms with Gasteiger partial charge >= 0.3 is 0 Å². The molecule has 1 aliphatic carbocycles. The Morgan fingerprint density at radius 3 is 2.54 bits per heavy atom. The Morgan fingerprint density at radius 1 is 1.00 bits per heavy atom. The minimum Gasteiger partial charge on any atom is -0.488 e. The van der Waals surface area contributed by atoms with E-state index in [0.29, 0.717) is 6.61 Å². The number of aromatic nitrogens is 3. The van der Waals surface area contributed by atoms with Crippen LogP contribution in [-0.4, -0.2) is 25.6 Å². The van der Waals surface area contributed by atoms with Crippen LogP contribution in [-0.2, 0) is 13.2 Å². The van der Waals surface area contributed by atoms with Crippen molar-refractivity contribution < 1.29 is 9.84 Å². The first-order valence-electron chi connectivity index (χ1n) is 12.4. The van der Waals surface area contributed by atoms with Crippen molar-refractivity contribution in [2.24, 2.45) is 0 Å². The van der Waals surface area contributed by atoms with Gasteiger partial charge in [-0.3, -0.25) is 9.48 Å². The van der Waals surface area contributed by atoms with Crippen molar-refractivity contribution >= 4 is 0 Å². The van der Waals surface area contributed by atoms with Crippen molar-refractivity contribution in [1.82, 2.24) is 14.3 Å². The summed E-state index contributed by atoms with van der Waals surface area (Å²) in [6.07, 6.45) is 8.92. The number of aliphatic hydroxyl groups is 1. The second-order valence-corrected chi connectivity index (χ2v) is 9.15. The zero-order valence-electron chi connectivity index (χ0n) is 20.0. The Morgan fingerprint density at radius 2 is 1.80 bits per heavy atom. The Labute approximate surface area is 205 Å². The predicted octanol–water partition coefficient (Wildman–Crippen LogP) is 5.45. The smallest absolute Gasteiger partial charge is 0.251 e. The molecule has 1 saturated carbocycles. The first-order chi connectivity index (χ1) is 17.1. The van der Waals surface area contributed by atoms with Gasteiger partial charge in [0.05, 0.1) is 18.3 Å². The molecule has 1 fully saturated rings. The normalized spacial score (nSPS) is 17.9. The molecule has 1 aliphatic rings. The zero-order chi connectivity index (χ0) is 24.2. The molecular weight excluding hydrogens is 438 g/mol. The lowest BCUT2D eigenvalue weighted by atomic mass is 9.92. The van der Waals surface area contributed by atoms with Gasteiger partial charge in [0.25, 0.3) is 5.56 Å². The molecule has 0 saturated heterocycles. The first kappa shape index (κ1) is 23.1. The minimum atomic E-state index is -0.461. The number of aryl methyl sites for hydroxylation is 1. The third-order valence-electron chi connectivity index (χ3n) is 6.84. The highest BCUT2D eigenvalue weighted by atomic mass is 16.5. The summed E-state index contributed by atoms with van der Waals surface area (Å²) in [4.78, 5) is 12.9. The van der Waals surface area contributed by atoms with Crippen LogP contribution in [0.15, 0.2) is 84.0 Å². The summed E-state index contributed by atoms with van der Waals surface area (Å²) in [6.45, 7) is 3.35. The maximum Gasteiger partial charge on any atom is 0.251 e. The highest BCUT2D eigenvalue weighted by Gasteiger charge is 2.25. The molecule has 0 bridgehead atoms. The average Bonchev–Trinajstić information content (AvgIpc) is 3.38. The van der Waals surface area contributed by atoms with E-state index in [1.54, 1.807) is 10.6 Å². The van der Waals surface area contributed by atoms with Crippen molar-refractivity contribution in [1.29, 1.82) is 0 Å². The molecule has 180 valence electrons. The number of rotatable bonds is 7. The van der Waals surface area contributed by atoms with Crippen molar-refractivity contribution in [2.75, 3.05) is 0 Å². The number of aliphatic hydroxyl groups excluding tert-OH is 1. The second-order valence-electron chi connectivity index (χ2n) is 9.15. The van der Waals surface area contributed by atoms with Crippen LogP contribution in [0.1, 0.15) is 44.2 Å². The standard InChI is InChI=1S/C29H31N3O3/c1-2-31-19-24(18-30-31)22-13-11-21(12-14-22)20-35-28-10-6-3-7-25(28)23-15-16-32(29(34)17-23)26-8-4-5-9-27(26)33/h3,6-7,10-19,26-27,33H,2,4-5,8-9,20H2,1H3/t26-,27-/m0/s1. The number of ether oxygens (including phenoxy) is 1. The molecule has 2 atom stereocenters. The number of hydrogen-bond donors (Lipinski definition) is 1. The van der Waals surface area contributed by atoms with Crippen molar-refractivity contribution in [2.45, 2.75) is 57.9 Å². The molecule has 35 heavy (non-hydrogen) atoms. The zero-order valence-corrected chi connectivity index (χ0v) is 20.0. The highest BCUT2D eigenvalue weighted by molar-refractivity contribution is 5.70. The van der Waals surface area contributed by atoms with E-state index in [0.717, 1.165) is 65.8 Å². The quantitative estimate of drug-likeness (QED) is 0.391. The molecule has 0 aliphatic heterocycles. The molecule has 2 heterocycles. The lowest BCUT2D eigenvalue weighted by Crippen LogP contribution is -2.34. The van der Waals surface area contributed by atoms with Gasteiger partial charge in [-0.2, -0.15) is 5.10 Å². The van der Waals surface area contributed by atoms with Crippen LogP contribution in [0, 0.1) is 0 Å². The van der Waals surface area contributed by atoms with Gasteiger partial charge in [0.2, 0.25) is 0 Å². The van der Waals surface area contributed by atoms with Crippen molar-refractivity contribution in [3.8, 4) is 28.0 Å². The molecule has 0 spiro atoms. The maximum atomic E-state index is 12.9. The van der Waals surface area contributed by atoms with Crippen LogP contribution in [0.4, 0.5) is 0 Å². The Balaban J connectivity index is 1.31. The summed E-state index contributed by atoms with van der Waals surface area (Å²) in [5.41, 5.74) is 4.89. The van der Waals surface area contributed by atoms with Crippen LogP contribution in [0.3, 0.4) is 0 Å². The molecule has 6 nitrogen and oxygen atoms in total. The Bertz CT molecular complexity index is 1340. The summed E-state index contributed by atoms with van der Waals surface area (Å²) >= 11 is 0. The Kier molecular flexibility index (Phi) is 6.82. The fraction of sp³-hybridized carbons (Fsp3) is 0.310. The van der Waals surface area contributed by atoms with E-state index < -0.39 is 6.10 Å². The van der Waals surface area contributed by atoms with Crippen LogP contribution in [0.25, 0.3) is 22.3 Å². The SMILES string of the molecule is CCn1cc(-c2ccc(COc3ccccc3-c3ccn([C@H]4CCCC[C@@H]4O)c(=O)c3)cc2)cn1. The van der Waals surface area contributed by atoms with Crippen LogP contribution >= 0.6 is 0 Å². The monoisotopic (exact) mass is 469 g/mol. The molecule has 0 amide bonds. The second kappa shape index (κ2) is 10.3. The number of nitrogens with zero attached hydrogens (tertiary/aromatic N) is 3. The molecule has 1 N–H and O–H groups in total. The fourth-order valence-electron chi connectivity index (χ4n) is 4.82. The van der Waals surface area contributed by atoms with Crippen molar-refractivity contribution in [3.05, 3.63) is 95.2 Å². The number of para-hydroxylation sites is 1. The van der Waals surface area contributed by atoms with Gasteiger partial charge in [-0.1, -0.05) is 55.3 Å². The van der Waals surface area contributed by atoms with Gasteiger partial charge in [-0.25, -0.2) is 0 Å². The van der Waals surface area contributed by atoms with Gasteiger partial charge in [0, 0.05) is 36.1 Å². The van der Waals surface area contributed by atoms with Crippen LogP contribution < -0.4 is 10.3 Å². The molecule has 6 heteroatoms. The largest absolute Gasteiger partial charge is 0.488 e.